The van der Waals surface area contributed by atoms with E-state index in [-0.39, 0.29) is 0 Å². The normalized spacial score (nSPS) is 7.89. The number of isocyanates is 2. The van der Waals surface area contributed by atoms with E-state index in [1.165, 1.54) is 64.2 Å². The second kappa shape index (κ2) is 29.7. The molecule has 0 fully saturated rings. The van der Waals surface area contributed by atoms with Gasteiger partial charge in [-0.05, 0) is 12.2 Å². The lowest BCUT2D eigenvalue weighted by Gasteiger charge is -1.99. The van der Waals surface area contributed by atoms with E-state index in [1.807, 2.05) is 0 Å². The molecule has 18 heavy (non-hydrogen) atoms. The van der Waals surface area contributed by atoms with Crippen LogP contribution in [0.1, 0.15) is 78.1 Å². The third-order valence-corrected chi connectivity index (χ3v) is 2.46. The van der Waals surface area contributed by atoms with Crippen LogP contribution in [0.25, 0.3) is 10.8 Å². The largest absolute Gasteiger partial charge is 0.724 e. The molecule has 0 saturated carbocycles. The quantitative estimate of drug-likeness (QED) is 0.339. The molecule has 0 rings (SSSR count). The van der Waals surface area contributed by atoms with E-state index in [2.05, 4.69) is 13.8 Å². The van der Waals surface area contributed by atoms with Gasteiger partial charge in [0.15, 0.2) is 0 Å². The molecular formula is C14H26N2O2-2. The first-order valence-electron chi connectivity index (χ1n) is 6.77. The fraction of sp³-hybridized carbons (Fsp3) is 0.857. The Morgan fingerprint density at radius 1 is 0.611 bits per heavy atom. The van der Waals surface area contributed by atoms with Crippen molar-refractivity contribution in [3.63, 3.8) is 0 Å². The van der Waals surface area contributed by atoms with Gasteiger partial charge in [0.1, 0.15) is 0 Å². The van der Waals surface area contributed by atoms with Crippen LogP contribution in [0.15, 0.2) is 0 Å². The lowest BCUT2D eigenvalue weighted by Crippen LogP contribution is -1.80. The molecule has 4 nitrogen and oxygen atoms in total. The van der Waals surface area contributed by atoms with Gasteiger partial charge in [-0.15, -0.1) is 0 Å². The fourth-order valence-corrected chi connectivity index (χ4v) is 1.56. The summed E-state index contributed by atoms with van der Waals surface area (Å²) in [6, 6.07) is 0. The van der Waals surface area contributed by atoms with E-state index in [9.17, 15) is 0 Å². The Balaban J connectivity index is -0.000000315. The maximum atomic E-state index is 8.24. The lowest BCUT2D eigenvalue weighted by atomic mass is 10.1. The highest BCUT2D eigenvalue weighted by Gasteiger charge is 1.90. The van der Waals surface area contributed by atoms with Crippen LogP contribution in [0.3, 0.4) is 0 Å². The van der Waals surface area contributed by atoms with E-state index >= 15 is 0 Å². The number of hydrogen-bond acceptors (Lipinski definition) is 2. The third-order valence-electron chi connectivity index (χ3n) is 2.46. The smallest absolute Gasteiger partial charge is 0.0159 e. The Morgan fingerprint density at radius 2 is 0.778 bits per heavy atom. The average Bonchev–Trinajstić information content (AvgIpc) is 2.35. The van der Waals surface area contributed by atoms with E-state index < -0.39 is 0 Å². The summed E-state index contributed by atoms with van der Waals surface area (Å²) in [7, 11) is 0. The van der Waals surface area contributed by atoms with E-state index in [1.54, 1.807) is 0 Å². The van der Waals surface area contributed by atoms with Crippen LogP contribution in [0.5, 0.6) is 0 Å². The van der Waals surface area contributed by atoms with Crippen molar-refractivity contribution in [1.82, 2.24) is 0 Å². The number of nitrogens with zero attached hydrogens (tertiary/aromatic N) is 2. The molecule has 0 spiro atoms. The van der Waals surface area contributed by atoms with Gasteiger partial charge in [-0.25, -0.2) is 0 Å². The topological polar surface area (TPSA) is 78.7 Å². The fourth-order valence-electron chi connectivity index (χ4n) is 1.56. The van der Waals surface area contributed by atoms with Crippen molar-refractivity contribution in [2.24, 2.45) is 0 Å². The molecule has 0 aromatic heterocycles. The molecular weight excluding hydrogens is 228 g/mol. The van der Waals surface area contributed by atoms with Gasteiger partial charge in [-0.3, -0.25) is 9.59 Å². The first-order valence-corrected chi connectivity index (χ1v) is 6.77. The monoisotopic (exact) mass is 254 g/mol. The molecule has 0 amide bonds. The van der Waals surface area contributed by atoms with Crippen molar-refractivity contribution in [2.75, 3.05) is 0 Å². The Morgan fingerprint density at radius 3 is 0.944 bits per heavy atom. The zero-order chi connectivity index (χ0) is 14.5. The minimum atomic E-state index is 0.500. The number of unbranched alkanes of at least 4 members (excludes halogenated alkanes) is 9. The Bertz CT molecular complexity index is 172. The van der Waals surface area contributed by atoms with Gasteiger partial charge in [-0.2, -0.15) is 0 Å². The first-order chi connectivity index (χ1) is 8.74. The number of carbonyl (C=O) groups excluding carboxylic acids is 2. The predicted octanol–water partition coefficient (Wildman–Crippen LogP) is 4.71. The second-order valence-electron chi connectivity index (χ2n) is 4.01. The van der Waals surface area contributed by atoms with Crippen molar-refractivity contribution in [3.8, 4) is 0 Å². The van der Waals surface area contributed by atoms with Crippen LogP contribution in [-0.4, -0.2) is 12.2 Å². The third kappa shape index (κ3) is 46.4. The highest BCUT2D eigenvalue weighted by Crippen LogP contribution is 2.09. The van der Waals surface area contributed by atoms with Crippen molar-refractivity contribution in [3.05, 3.63) is 10.8 Å². The van der Waals surface area contributed by atoms with E-state index in [4.69, 9.17) is 20.4 Å². The van der Waals surface area contributed by atoms with Gasteiger partial charge in [-0.1, -0.05) is 78.1 Å². The van der Waals surface area contributed by atoms with Crippen LogP contribution >= 0.6 is 0 Å². The molecule has 4 heteroatoms. The minimum absolute atomic E-state index is 0.500. The van der Waals surface area contributed by atoms with E-state index in [0.717, 1.165) is 0 Å². The molecule has 0 aliphatic rings. The summed E-state index contributed by atoms with van der Waals surface area (Å²) in [5, 5.41) is 13.5. The van der Waals surface area contributed by atoms with Crippen molar-refractivity contribution >= 4 is 12.2 Å². The predicted molar refractivity (Wildman–Crippen MR) is 75.6 cm³/mol. The summed E-state index contributed by atoms with van der Waals surface area (Å²) in [5.41, 5.74) is 0. The molecule has 0 radical (unpaired) electrons. The molecule has 0 unspecified atom stereocenters. The maximum Gasteiger partial charge on any atom is -0.0159 e. The molecule has 0 saturated heterocycles. The molecule has 0 N–H and O–H groups in total. The van der Waals surface area contributed by atoms with Gasteiger partial charge < -0.3 is 10.8 Å². The van der Waals surface area contributed by atoms with Crippen LogP contribution in [0.4, 0.5) is 0 Å². The number of hydrogen-bond donors (Lipinski definition) is 0. The summed E-state index contributed by atoms with van der Waals surface area (Å²) >= 11 is 0. The molecule has 0 aromatic carbocycles. The zero-order valence-corrected chi connectivity index (χ0v) is 11.8. The molecule has 106 valence electrons. The summed E-state index contributed by atoms with van der Waals surface area (Å²) in [6.07, 6.45) is 15.4. The van der Waals surface area contributed by atoms with Crippen LogP contribution < -0.4 is 0 Å². The van der Waals surface area contributed by atoms with Gasteiger partial charge in [0.05, 0.1) is 0 Å². The second-order valence-corrected chi connectivity index (χ2v) is 4.01. The molecule has 0 aliphatic heterocycles. The highest BCUT2D eigenvalue weighted by molar-refractivity contribution is 5.37. The standard InChI is InChI=1S/C12H26.2CNO/c1-3-5-7-9-11-12-10-8-6-4-2;2*2-1-3/h3-12H2,1-2H3;;/q;2*-1. The van der Waals surface area contributed by atoms with Crippen LogP contribution in [-0.2, 0) is 9.59 Å². The maximum absolute atomic E-state index is 8.24. The summed E-state index contributed by atoms with van der Waals surface area (Å²) in [4.78, 5) is 16.5. The molecule has 0 heterocycles. The van der Waals surface area contributed by atoms with Gasteiger partial charge >= 0.3 is 0 Å². The average molecular weight is 254 g/mol. The van der Waals surface area contributed by atoms with E-state index in [0.29, 0.717) is 12.2 Å². The summed E-state index contributed by atoms with van der Waals surface area (Å²) in [5.74, 6) is 0. The Kier molecular flexibility index (Phi) is 36.2. The first kappa shape index (κ1) is 22.0. The highest BCUT2D eigenvalue weighted by atomic mass is 16.1. The van der Waals surface area contributed by atoms with Crippen molar-refractivity contribution in [2.45, 2.75) is 78.1 Å². The zero-order valence-electron chi connectivity index (χ0n) is 11.8. The van der Waals surface area contributed by atoms with Gasteiger partial charge in [0, 0.05) is 0 Å². The Hall–Kier alpha value is -1.24. The van der Waals surface area contributed by atoms with Gasteiger partial charge in [0.25, 0.3) is 0 Å². The summed E-state index contributed by atoms with van der Waals surface area (Å²) in [6.45, 7) is 4.56. The summed E-state index contributed by atoms with van der Waals surface area (Å²) < 4.78 is 0. The van der Waals surface area contributed by atoms with Crippen LogP contribution in [0.2, 0.25) is 0 Å². The molecule has 0 aliphatic carbocycles. The molecule has 0 atom stereocenters. The minimum Gasteiger partial charge on any atom is -0.724 e. The van der Waals surface area contributed by atoms with Crippen LogP contribution in [0, 0.1) is 0 Å². The molecule has 0 bridgehead atoms. The Labute approximate surface area is 111 Å². The van der Waals surface area contributed by atoms with Gasteiger partial charge in [0.2, 0.25) is 0 Å². The number of rotatable bonds is 9. The lowest BCUT2D eigenvalue weighted by molar-refractivity contribution is 0.562. The van der Waals surface area contributed by atoms with Crippen molar-refractivity contribution < 1.29 is 9.59 Å². The van der Waals surface area contributed by atoms with Crippen molar-refractivity contribution in [1.29, 1.82) is 0 Å². The SMILES string of the molecule is CCCCCCCCCCCC.[N-]=C=O.[N-]=C=O. The molecule has 0 aromatic rings.